The molecule has 0 saturated carbocycles. The van der Waals surface area contributed by atoms with Gasteiger partial charge in [-0.3, -0.25) is 0 Å². The average Bonchev–Trinajstić information content (AvgIpc) is 2.48. The topological polar surface area (TPSA) is 63.2 Å². The van der Waals surface area contributed by atoms with Crippen molar-refractivity contribution in [3.8, 4) is 0 Å². The number of ether oxygens (including phenoxy) is 5. The lowest BCUT2D eigenvalue weighted by molar-refractivity contribution is -0.139. The van der Waals surface area contributed by atoms with Gasteiger partial charge in [-0.15, -0.1) is 0 Å². The van der Waals surface area contributed by atoms with Crippen LogP contribution in [0.5, 0.6) is 0 Å². The molecule has 0 atom stereocenters. The highest BCUT2D eigenvalue weighted by molar-refractivity contribution is 14.1. The van der Waals surface area contributed by atoms with E-state index in [0.29, 0.717) is 51.8 Å². The van der Waals surface area contributed by atoms with Gasteiger partial charge in [-0.1, -0.05) is 29.2 Å². The molecule has 0 fully saturated rings. The lowest BCUT2D eigenvalue weighted by Gasteiger charge is -2.08. The first-order valence-electron chi connectivity index (χ1n) is 6.94. The third-order valence-corrected chi connectivity index (χ3v) is 2.62. The van der Waals surface area contributed by atoms with Crippen LogP contribution >= 0.6 is 22.6 Å². The molecule has 0 heterocycles. The van der Waals surface area contributed by atoms with E-state index in [1.807, 2.05) is 0 Å². The van der Waals surface area contributed by atoms with Gasteiger partial charge in [0.25, 0.3) is 0 Å². The fourth-order valence-electron chi connectivity index (χ4n) is 1.20. The Morgan fingerprint density at radius 1 is 0.905 bits per heavy atom. The molecule has 7 heteroatoms. The number of carbonyl (C=O) groups excluding carboxylic acids is 1. The fourth-order valence-corrected chi connectivity index (χ4v) is 1.51. The molecular weight excluding hydrogens is 391 g/mol. The van der Waals surface area contributed by atoms with E-state index in [-0.39, 0.29) is 6.61 Å². The second-order valence-electron chi connectivity index (χ2n) is 3.90. The zero-order valence-electron chi connectivity index (χ0n) is 12.6. The van der Waals surface area contributed by atoms with Crippen molar-refractivity contribution in [1.82, 2.24) is 0 Å². The highest BCUT2D eigenvalue weighted by atomic mass is 127. The normalized spacial score (nSPS) is 10.6. The Morgan fingerprint density at radius 2 is 1.38 bits per heavy atom. The number of halogens is 1. The van der Waals surface area contributed by atoms with Crippen LogP contribution in [0, 0.1) is 0 Å². The molecule has 0 aliphatic rings. The molecule has 0 N–H and O–H groups in total. The van der Waals surface area contributed by atoms with Gasteiger partial charge < -0.3 is 23.7 Å². The van der Waals surface area contributed by atoms with Crippen LogP contribution in [0.3, 0.4) is 0 Å². The fraction of sp³-hybridized carbons (Fsp3) is 0.786. The van der Waals surface area contributed by atoms with E-state index in [9.17, 15) is 4.79 Å². The van der Waals surface area contributed by atoms with E-state index in [1.54, 1.807) is 6.92 Å². The Hall–Kier alpha value is -0.220. The first-order chi connectivity index (χ1) is 10.2. The molecule has 0 aromatic heterocycles. The number of hydrogen-bond acceptors (Lipinski definition) is 6. The smallest absolute Gasteiger partial charge is 0.335 e. The van der Waals surface area contributed by atoms with E-state index in [1.165, 1.54) is 0 Å². The molecule has 0 bridgehead atoms. The summed E-state index contributed by atoms with van der Waals surface area (Å²) in [6.07, 6.45) is 0. The summed E-state index contributed by atoms with van der Waals surface area (Å²) in [5.41, 5.74) is 0.312. The maximum Gasteiger partial charge on any atom is 0.335 e. The number of alkyl halides is 1. The number of rotatable bonds is 15. The lowest BCUT2D eigenvalue weighted by atomic mass is 10.3. The summed E-state index contributed by atoms with van der Waals surface area (Å²) in [7, 11) is 0. The van der Waals surface area contributed by atoms with Crippen LogP contribution in [0.15, 0.2) is 12.2 Å². The van der Waals surface area contributed by atoms with E-state index < -0.39 is 5.97 Å². The largest absolute Gasteiger partial charge is 0.463 e. The molecule has 0 unspecified atom stereocenters. The van der Waals surface area contributed by atoms with Crippen molar-refractivity contribution in [3.63, 3.8) is 0 Å². The van der Waals surface area contributed by atoms with Crippen molar-refractivity contribution < 1.29 is 28.5 Å². The molecule has 0 amide bonds. The Labute approximate surface area is 140 Å². The Balaban J connectivity index is 3.19. The molecule has 0 aliphatic heterocycles. The van der Waals surface area contributed by atoms with Gasteiger partial charge in [0.2, 0.25) is 0 Å². The van der Waals surface area contributed by atoms with Crippen LogP contribution in [-0.4, -0.2) is 69.9 Å². The molecular formula is C14H25IO6. The molecule has 0 rings (SSSR count). The summed E-state index contributed by atoms with van der Waals surface area (Å²) in [5.74, 6) is -0.420. The lowest BCUT2D eigenvalue weighted by Crippen LogP contribution is -2.15. The molecule has 124 valence electrons. The standard InChI is InChI=1S/C14H25IO6/c1-3-21-14(16)13(2)12-20-11-10-19-9-8-18-7-6-17-5-4-15/h2-12H2,1H3. The zero-order valence-corrected chi connectivity index (χ0v) is 14.8. The molecule has 0 saturated heterocycles. The molecule has 6 nitrogen and oxygen atoms in total. The number of carbonyl (C=O) groups is 1. The third-order valence-electron chi connectivity index (χ3n) is 2.18. The predicted molar refractivity (Wildman–Crippen MR) is 87.9 cm³/mol. The quantitative estimate of drug-likeness (QED) is 0.133. The maximum absolute atomic E-state index is 11.2. The van der Waals surface area contributed by atoms with Gasteiger partial charge in [0, 0.05) is 4.43 Å². The van der Waals surface area contributed by atoms with E-state index in [0.717, 1.165) is 11.0 Å². The van der Waals surface area contributed by atoms with Crippen LogP contribution in [0.25, 0.3) is 0 Å². The SMILES string of the molecule is C=C(COCCOCCOCCOCCI)C(=O)OCC. The van der Waals surface area contributed by atoms with Crippen molar-refractivity contribution in [3.05, 3.63) is 12.2 Å². The minimum Gasteiger partial charge on any atom is -0.463 e. The van der Waals surface area contributed by atoms with Gasteiger partial charge in [0.05, 0.1) is 65.0 Å². The van der Waals surface area contributed by atoms with Gasteiger partial charge in [-0.25, -0.2) is 4.79 Å². The zero-order chi connectivity index (χ0) is 15.8. The average molecular weight is 416 g/mol. The maximum atomic E-state index is 11.2. The molecule has 0 aromatic rings. The van der Waals surface area contributed by atoms with E-state index in [2.05, 4.69) is 29.2 Å². The summed E-state index contributed by atoms with van der Waals surface area (Å²) in [6, 6.07) is 0. The van der Waals surface area contributed by atoms with Crippen molar-refractivity contribution in [1.29, 1.82) is 0 Å². The van der Waals surface area contributed by atoms with Crippen LogP contribution < -0.4 is 0 Å². The van der Waals surface area contributed by atoms with Gasteiger partial charge in [-0.05, 0) is 6.92 Å². The second kappa shape index (κ2) is 16.2. The summed E-state index contributed by atoms with van der Waals surface area (Å²) in [6.45, 7) is 9.67. The van der Waals surface area contributed by atoms with Crippen molar-refractivity contribution in [2.45, 2.75) is 6.92 Å². The highest BCUT2D eigenvalue weighted by Gasteiger charge is 2.06. The molecule has 21 heavy (non-hydrogen) atoms. The van der Waals surface area contributed by atoms with Crippen LogP contribution in [0.2, 0.25) is 0 Å². The first kappa shape index (κ1) is 20.8. The Bertz CT molecular complexity index is 272. The minimum atomic E-state index is -0.420. The first-order valence-corrected chi connectivity index (χ1v) is 8.46. The van der Waals surface area contributed by atoms with Crippen molar-refractivity contribution >= 4 is 28.6 Å². The molecule has 0 aliphatic carbocycles. The third kappa shape index (κ3) is 14.5. The Morgan fingerprint density at radius 3 is 1.86 bits per heavy atom. The predicted octanol–water partition coefficient (Wildman–Crippen LogP) is 1.61. The number of esters is 1. The van der Waals surface area contributed by atoms with Gasteiger partial charge >= 0.3 is 5.97 Å². The van der Waals surface area contributed by atoms with Crippen molar-refractivity contribution in [2.24, 2.45) is 0 Å². The van der Waals surface area contributed by atoms with Crippen LogP contribution in [-0.2, 0) is 28.5 Å². The minimum absolute atomic E-state index is 0.160. The molecule has 0 aromatic carbocycles. The number of hydrogen-bond donors (Lipinski definition) is 0. The Kier molecular flexibility index (Phi) is 16.0. The van der Waals surface area contributed by atoms with E-state index in [4.69, 9.17) is 23.7 Å². The van der Waals surface area contributed by atoms with E-state index >= 15 is 0 Å². The van der Waals surface area contributed by atoms with Gasteiger partial charge in [0.1, 0.15) is 0 Å². The monoisotopic (exact) mass is 416 g/mol. The summed E-state index contributed by atoms with van der Waals surface area (Å²) in [4.78, 5) is 11.2. The van der Waals surface area contributed by atoms with Crippen molar-refractivity contribution in [2.75, 3.05) is 63.9 Å². The molecule has 0 radical (unpaired) electrons. The van der Waals surface area contributed by atoms with Gasteiger partial charge in [0.15, 0.2) is 0 Å². The summed E-state index contributed by atoms with van der Waals surface area (Å²) < 4.78 is 26.9. The van der Waals surface area contributed by atoms with Crippen LogP contribution in [0.1, 0.15) is 6.92 Å². The summed E-state index contributed by atoms with van der Waals surface area (Å²) >= 11 is 2.26. The second-order valence-corrected chi connectivity index (χ2v) is 4.98. The summed E-state index contributed by atoms with van der Waals surface area (Å²) in [5, 5.41) is 0. The van der Waals surface area contributed by atoms with Gasteiger partial charge in [-0.2, -0.15) is 0 Å². The van der Waals surface area contributed by atoms with Crippen LogP contribution in [0.4, 0.5) is 0 Å². The highest BCUT2D eigenvalue weighted by Crippen LogP contribution is 1.95. The molecule has 0 spiro atoms.